The fourth-order valence-electron chi connectivity index (χ4n) is 0.732. The van der Waals surface area contributed by atoms with E-state index in [9.17, 15) is 0 Å². The summed E-state index contributed by atoms with van der Waals surface area (Å²) in [5, 5.41) is 0. The summed E-state index contributed by atoms with van der Waals surface area (Å²) >= 11 is 0. The molecular formula is C8H12. The van der Waals surface area contributed by atoms with Gasteiger partial charge in [0.05, 0.1) is 0 Å². The molecule has 44 valence electrons. The average molecular weight is 109 g/mol. The largest absolute Gasteiger partial charge is 0.0811 e. The lowest BCUT2D eigenvalue weighted by molar-refractivity contribution is 0.731. The molecule has 1 unspecified atom stereocenters. The molecule has 0 radical (unpaired) electrons. The van der Waals surface area contributed by atoms with Gasteiger partial charge >= 0.3 is 0 Å². The molecule has 0 aliphatic heterocycles. The van der Waals surface area contributed by atoms with Crippen LogP contribution in [0.15, 0.2) is 23.8 Å². The first-order valence-corrected chi connectivity index (χ1v) is 2.96. The fraction of sp³-hybridized carbons (Fsp3) is 0.500. The minimum Gasteiger partial charge on any atom is -0.0811 e. The van der Waals surface area contributed by atoms with Crippen molar-refractivity contribution >= 4 is 0 Å². The zero-order valence-corrected chi connectivity index (χ0v) is 5.44. The van der Waals surface area contributed by atoms with Gasteiger partial charge in [0, 0.05) is 1.37 Å². The van der Waals surface area contributed by atoms with E-state index in [0.717, 1.165) is 6.42 Å². The van der Waals surface area contributed by atoms with E-state index in [0.29, 0.717) is 0 Å². The minimum absolute atomic E-state index is 0.348. The van der Waals surface area contributed by atoms with Gasteiger partial charge in [0.15, 0.2) is 0 Å². The summed E-state index contributed by atoms with van der Waals surface area (Å²) in [5.41, 5.74) is 1.28. The highest BCUT2D eigenvalue weighted by atomic mass is 14.0. The van der Waals surface area contributed by atoms with Crippen LogP contribution in [0.5, 0.6) is 0 Å². The summed E-state index contributed by atoms with van der Waals surface area (Å²) < 4.78 is 7.58. The zero-order chi connectivity index (χ0) is 6.91. The van der Waals surface area contributed by atoms with Gasteiger partial charge in [-0.3, -0.25) is 0 Å². The van der Waals surface area contributed by atoms with Gasteiger partial charge < -0.3 is 0 Å². The third-order valence-electron chi connectivity index (χ3n) is 1.38. The van der Waals surface area contributed by atoms with Crippen LogP contribution in [0, 0.1) is 5.89 Å². The van der Waals surface area contributed by atoms with Crippen LogP contribution in [0.3, 0.4) is 0 Å². The highest BCUT2D eigenvalue weighted by Gasteiger charge is 1.97. The first kappa shape index (κ1) is 4.37. The molecule has 0 amide bonds. The van der Waals surface area contributed by atoms with E-state index in [1.165, 1.54) is 5.57 Å². The van der Waals surface area contributed by atoms with E-state index in [2.05, 4.69) is 13.0 Å². The van der Waals surface area contributed by atoms with Gasteiger partial charge in [-0.1, -0.05) is 30.7 Å². The Kier molecular flexibility index (Phi) is 1.18. The third kappa shape index (κ3) is 1.22. The molecule has 1 rings (SSSR count). The van der Waals surface area contributed by atoms with Crippen molar-refractivity contribution in [1.29, 1.82) is 0 Å². The van der Waals surface area contributed by atoms with Gasteiger partial charge in [0.1, 0.15) is 0 Å². The fourth-order valence-corrected chi connectivity index (χ4v) is 0.732. The van der Waals surface area contributed by atoms with Crippen molar-refractivity contribution < 1.29 is 1.37 Å². The molecule has 0 bridgehead atoms. The maximum atomic E-state index is 7.58. The van der Waals surface area contributed by atoms with Crippen LogP contribution in [0.4, 0.5) is 0 Å². The highest BCUT2D eigenvalue weighted by Crippen LogP contribution is 2.13. The molecule has 1 aliphatic rings. The summed E-state index contributed by atoms with van der Waals surface area (Å²) in [7, 11) is 0. The lowest BCUT2D eigenvalue weighted by Gasteiger charge is -2.06. The predicted octanol–water partition coefficient (Wildman–Crippen LogP) is 2.53. The lowest BCUT2D eigenvalue weighted by Crippen LogP contribution is -1.91. The van der Waals surface area contributed by atoms with Crippen molar-refractivity contribution in [3.63, 3.8) is 0 Å². The first-order chi connectivity index (χ1) is 4.10. The molecule has 0 aromatic carbocycles. The molecule has 0 aromatic heterocycles. The van der Waals surface area contributed by atoms with E-state index in [1.807, 2.05) is 19.1 Å². The lowest BCUT2D eigenvalue weighted by atomic mass is 10.00. The second-order valence-electron chi connectivity index (χ2n) is 2.33. The van der Waals surface area contributed by atoms with Gasteiger partial charge in [0.2, 0.25) is 0 Å². The molecule has 0 spiro atoms. The van der Waals surface area contributed by atoms with Crippen molar-refractivity contribution in [3.05, 3.63) is 23.8 Å². The molecule has 0 saturated carbocycles. The summed E-state index contributed by atoms with van der Waals surface area (Å²) in [6, 6.07) is 0. The molecule has 0 saturated heterocycles. The van der Waals surface area contributed by atoms with E-state index >= 15 is 0 Å². The normalized spacial score (nSPS) is 38.8. The van der Waals surface area contributed by atoms with Crippen LogP contribution in [0.1, 0.15) is 21.6 Å². The van der Waals surface area contributed by atoms with Crippen molar-refractivity contribution in [2.24, 2.45) is 5.89 Å². The van der Waals surface area contributed by atoms with E-state index < -0.39 is 0 Å². The summed E-state index contributed by atoms with van der Waals surface area (Å²) in [6.07, 6.45) is 6.92. The summed E-state index contributed by atoms with van der Waals surface area (Å²) in [5.74, 6) is -0.348. The molecule has 0 nitrogen and oxygen atoms in total. The van der Waals surface area contributed by atoms with Crippen molar-refractivity contribution in [1.82, 2.24) is 0 Å². The van der Waals surface area contributed by atoms with Gasteiger partial charge in [-0.25, -0.2) is 0 Å². The average Bonchev–Trinajstić information content (AvgIpc) is 1.78. The van der Waals surface area contributed by atoms with Gasteiger partial charge in [-0.2, -0.15) is 0 Å². The van der Waals surface area contributed by atoms with Gasteiger partial charge in [-0.05, 0) is 19.2 Å². The SMILES string of the molecule is [2H]C1(C)C=CC(C)=CC1. The Morgan fingerprint density at radius 1 is 1.88 bits per heavy atom. The van der Waals surface area contributed by atoms with Crippen LogP contribution < -0.4 is 0 Å². The highest BCUT2D eigenvalue weighted by molar-refractivity contribution is 5.20. The van der Waals surface area contributed by atoms with Crippen molar-refractivity contribution in [3.8, 4) is 0 Å². The second-order valence-corrected chi connectivity index (χ2v) is 2.33. The number of rotatable bonds is 0. The van der Waals surface area contributed by atoms with Crippen LogP contribution in [0.2, 0.25) is 0 Å². The molecule has 0 aromatic rings. The molecule has 0 N–H and O–H groups in total. The Labute approximate surface area is 52.3 Å². The number of hydrogen-bond donors (Lipinski definition) is 0. The zero-order valence-electron chi connectivity index (χ0n) is 6.44. The molecule has 0 heteroatoms. The van der Waals surface area contributed by atoms with E-state index in [1.54, 1.807) is 0 Å². The smallest absolute Gasteiger partial charge is 0.0346 e. The molecule has 0 fully saturated rings. The third-order valence-corrected chi connectivity index (χ3v) is 1.38. The summed E-state index contributed by atoms with van der Waals surface area (Å²) in [6.45, 7) is 3.98. The van der Waals surface area contributed by atoms with Crippen molar-refractivity contribution in [2.45, 2.75) is 20.3 Å². The van der Waals surface area contributed by atoms with Gasteiger partial charge in [0.25, 0.3) is 0 Å². The Morgan fingerprint density at radius 2 is 2.62 bits per heavy atom. The van der Waals surface area contributed by atoms with E-state index in [4.69, 9.17) is 1.37 Å². The summed E-state index contributed by atoms with van der Waals surface area (Å²) in [4.78, 5) is 0. The maximum Gasteiger partial charge on any atom is 0.0346 e. The van der Waals surface area contributed by atoms with Crippen LogP contribution in [0.25, 0.3) is 0 Å². The quantitative estimate of drug-likeness (QED) is 0.448. The maximum absolute atomic E-state index is 7.58. The Bertz CT molecular complexity index is 163. The Morgan fingerprint density at radius 3 is 3.00 bits per heavy atom. The molecule has 0 heterocycles. The predicted molar refractivity (Wildman–Crippen MR) is 36.7 cm³/mol. The topological polar surface area (TPSA) is 0 Å². The van der Waals surface area contributed by atoms with Crippen molar-refractivity contribution in [2.75, 3.05) is 0 Å². The Balaban J connectivity index is 2.70. The number of allylic oxidation sites excluding steroid dienone is 4. The van der Waals surface area contributed by atoms with E-state index in [-0.39, 0.29) is 5.89 Å². The molecule has 1 aliphatic carbocycles. The molecule has 8 heavy (non-hydrogen) atoms. The Hall–Kier alpha value is -0.520. The second kappa shape index (κ2) is 2.17. The van der Waals surface area contributed by atoms with Crippen LogP contribution >= 0.6 is 0 Å². The minimum atomic E-state index is -0.348. The monoisotopic (exact) mass is 109 g/mol. The first-order valence-electron chi connectivity index (χ1n) is 3.46. The number of hydrogen-bond acceptors (Lipinski definition) is 0. The van der Waals surface area contributed by atoms with Gasteiger partial charge in [-0.15, -0.1) is 0 Å². The van der Waals surface area contributed by atoms with Crippen LogP contribution in [-0.4, -0.2) is 0 Å². The van der Waals surface area contributed by atoms with Crippen LogP contribution in [-0.2, 0) is 0 Å². The molecular weight excluding hydrogens is 96.1 g/mol. The molecule has 1 atom stereocenters. The standard InChI is InChI=1S/C8H12/c1-7-3-5-8(2)6-4-7/h3-5,8H,6H2,1-2H3/i8D.